The van der Waals surface area contributed by atoms with Gasteiger partial charge in [-0.15, -0.1) is 0 Å². The zero-order valence-electron chi connectivity index (χ0n) is 7.85. The van der Waals surface area contributed by atoms with Crippen LogP contribution in [0.4, 0.5) is 19.0 Å². The van der Waals surface area contributed by atoms with Crippen molar-refractivity contribution in [2.24, 2.45) is 0 Å². The Morgan fingerprint density at radius 1 is 1.19 bits per heavy atom. The van der Waals surface area contributed by atoms with Crippen LogP contribution in [0, 0.1) is 0 Å². The molecule has 0 fully saturated rings. The number of anilines is 1. The largest absolute Gasteiger partial charge is 0.418 e. The number of rotatable bonds is 0. The maximum Gasteiger partial charge on any atom is 0.418 e. The molecule has 1 heterocycles. The van der Waals surface area contributed by atoms with Gasteiger partial charge in [-0.05, 0) is 17.5 Å². The third-order valence-corrected chi connectivity index (χ3v) is 2.68. The van der Waals surface area contributed by atoms with Crippen molar-refractivity contribution in [3.8, 4) is 0 Å². The molecule has 84 valence electrons. The minimum Gasteiger partial charge on any atom is -0.383 e. The number of fused-ring (bicyclic) bond motifs is 1. The zero-order valence-corrected chi connectivity index (χ0v) is 9.43. The number of aromatic nitrogens is 1. The molecule has 2 rings (SSSR count). The summed E-state index contributed by atoms with van der Waals surface area (Å²) in [7, 11) is 0. The average molecular weight is 291 g/mol. The Hall–Kier alpha value is -1.30. The lowest BCUT2D eigenvalue weighted by Crippen LogP contribution is -2.07. The maximum atomic E-state index is 12.7. The van der Waals surface area contributed by atoms with E-state index in [4.69, 9.17) is 5.73 Å². The summed E-state index contributed by atoms with van der Waals surface area (Å²) in [4.78, 5) is 3.55. The van der Waals surface area contributed by atoms with Gasteiger partial charge in [0.1, 0.15) is 5.82 Å². The van der Waals surface area contributed by atoms with Gasteiger partial charge in [0, 0.05) is 16.1 Å². The van der Waals surface area contributed by atoms with Crippen LogP contribution in [-0.4, -0.2) is 4.98 Å². The smallest absolute Gasteiger partial charge is 0.383 e. The molecular formula is C10H6BrF3N2. The number of pyridine rings is 1. The first kappa shape index (κ1) is 11.2. The second-order valence-electron chi connectivity index (χ2n) is 3.24. The Labute approximate surface area is 97.4 Å². The molecule has 0 atom stereocenters. The van der Waals surface area contributed by atoms with Crippen LogP contribution >= 0.6 is 15.9 Å². The molecule has 0 bridgehead atoms. The molecule has 0 aliphatic heterocycles. The Balaban J connectivity index is 2.85. The molecule has 0 aliphatic carbocycles. The van der Waals surface area contributed by atoms with Gasteiger partial charge in [0.2, 0.25) is 0 Å². The van der Waals surface area contributed by atoms with E-state index in [1.807, 2.05) is 0 Å². The monoisotopic (exact) mass is 290 g/mol. The van der Waals surface area contributed by atoms with E-state index in [1.54, 1.807) is 0 Å². The Bertz CT molecular complexity index is 551. The number of hydrogen-bond acceptors (Lipinski definition) is 2. The van der Waals surface area contributed by atoms with Crippen LogP contribution in [-0.2, 0) is 6.18 Å². The van der Waals surface area contributed by atoms with E-state index in [2.05, 4.69) is 20.9 Å². The van der Waals surface area contributed by atoms with Crippen LogP contribution in [0.25, 0.3) is 10.8 Å². The van der Waals surface area contributed by atoms with Crippen LogP contribution in [0.2, 0.25) is 0 Å². The molecule has 0 saturated carbocycles. The Kier molecular flexibility index (Phi) is 2.53. The van der Waals surface area contributed by atoms with E-state index in [-0.39, 0.29) is 11.2 Å². The summed E-state index contributed by atoms with van der Waals surface area (Å²) in [6.07, 6.45) is -3.67. The number of nitrogens with two attached hydrogens (primary N) is 1. The molecule has 16 heavy (non-hydrogen) atoms. The predicted octanol–water partition coefficient (Wildman–Crippen LogP) is 3.60. The van der Waals surface area contributed by atoms with Gasteiger partial charge in [0.15, 0.2) is 0 Å². The summed E-state index contributed by atoms with van der Waals surface area (Å²) in [5.41, 5.74) is 4.76. The van der Waals surface area contributed by atoms with Crippen LogP contribution in [0.3, 0.4) is 0 Å². The summed E-state index contributed by atoms with van der Waals surface area (Å²) >= 11 is 3.18. The molecule has 0 saturated heterocycles. The molecule has 1 aromatic heterocycles. The molecule has 6 heteroatoms. The van der Waals surface area contributed by atoms with E-state index < -0.39 is 11.7 Å². The van der Waals surface area contributed by atoms with E-state index in [9.17, 15) is 13.2 Å². The first-order valence-corrected chi connectivity index (χ1v) is 5.10. The van der Waals surface area contributed by atoms with Crippen molar-refractivity contribution in [3.63, 3.8) is 0 Å². The van der Waals surface area contributed by atoms with Crippen LogP contribution in [0.15, 0.2) is 28.9 Å². The van der Waals surface area contributed by atoms with Crippen LogP contribution < -0.4 is 5.73 Å². The minimum atomic E-state index is -4.42. The number of alkyl halides is 3. The van der Waals surface area contributed by atoms with Gasteiger partial charge in [0.05, 0.1) is 5.56 Å². The van der Waals surface area contributed by atoms with Crippen LogP contribution in [0.1, 0.15) is 5.56 Å². The van der Waals surface area contributed by atoms with E-state index in [1.165, 1.54) is 18.2 Å². The predicted molar refractivity (Wildman–Crippen MR) is 58.9 cm³/mol. The number of hydrogen-bond donors (Lipinski definition) is 1. The molecule has 0 unspecified atom stereocenters. The van der Waals surface area contributed by atoms with Gasteiger partial charge < -0.3 is 5.73 Å². The molecule has 0 spiro atoms. The number of nitrogen functional groups attached to an aromatic ring is 1. The zero-order chi connectivity index (χ0) is 11.9. The first-order valence-electron chi connectivity index (χ1n) is 4.30. The van der Waals surface area contributed by atoms with Crippen molar-refractivity contribution in [1.82, 2.24) is 4.98 Å². The molecule has 0 radical (unpaired) electrons. The summed E-state index contributed by atoms with van der Waals surface area (Å²) in [6, 6.07) is 4.43. The van der Waals surface area contributed by atoms with E-state index in [0.29, 0.717) is 9.86 Å². The molecular weight excluding hydrogens is 285 g/mol. The fourth-order valence-corrected chi connectivity index (χ4v) is 1.82. The van der Waals surface area contributed by atoms with Gasteiger partial charge in [0.25, 0.3) is 0 Å². The van der Waals surface area contributed by atoms with E-state index >= 15 is 0 Å². The highest BCUT2D eigenvalue weighted by Crippen LogP contribution is 2.36. The van der Waals surface area contributed by atoms with Crippen molar-refractivity contribution >= 4 is 32.5 Å². The second-order valence-corrected chi connectivity index (χ2v) is 4.16. The van der Waals surface area contributed by atoms with Gasteiger partial charge in [-0.25, -0.2) is 4.98 Å². The number of benzene rings is 1. The SMILES string of the molecule is Nc1ncc(C(F)(F)F)c2ccc(Br)cc12. The van der Waals surface area contributed by atoms with Crippen molar-refractivity contribution in [2.45, 2.75) is 6.18 Å². The number of halogens is 4. The molecule has 2 N–H and O–H groups in total. The molecule has 1 aromatic carbocycles. The highest BCUT2D eigenvalue weighted by molar-refractivity contribution is 9.10. The van der Waals surface area contributed by atoms with Gasteiger partial charge in [-0.3, -0.25) is 0 Å². The highest BCUT2D eigenvalue weighted by atomic mass is 79.9. The highest BCUT2D eigenvalue weighted by Gasteiger charge is 2.33. The quantitative estimate of drug-likeness (QED) is 0.805. The van der Waals surface area contributed by atoms with Gasteiger partial charge in [-0.2, -0.15) is 13.2 Å². The van der Waals surface area contributed by atoms with Crippen molar-refractivity contribution in [2.75, 3.05) is 5.73 Å². The molecule has 2 aromatic rings. The van der Waals surface area contributed by atoms with Crippen molar-refractivity contribution in [3.05, 3.63) is 34.4 Å². The fourth-order valence-electron chi connectivity index (χ4n) is 1.46. The molecule has 2 nitrogen and oxygen atoms in total. The average Bonchev–Trinajstić information content (AvgIpc) is 2.17. The maximum absolute atomic E-state index is 12.7. The summed E-state index contributed by atoms with van der Waals surface area (Å²) in [6.45, 7) is 0. The summed E-state index contributed by atoms with van der Waals surface area (Å²) < 4.78 is 38.6. The molecule has 0 amide bonds. The Morgan fingerprint density at radius 2 is 1.88 bits per heavy atom. The van der Waals surface area contributed by atoms with Crippen molar-refractivity contribution in [1.29, 1.82) is 0 Å². The van der Waals surface area contributed by atoms with Crippen molar-refractivity contribution < 1.29 is 13.2 Å². The standard InChI is InChI=1S/C10H6BrF3N2/c11-5-1-2-6-7(3-5)9(15)16-4-8(6)10(12,13)14/h1-4H,(H2,15,16). The summed E-state index contributed by atoms with van der Waals surface area (Å²) in [5, 5.41) is 0.354. The first-order chi connectivity index (χ1) is 7.39. The minimum absolute atomic E-state index is 0.0585. The lowest BCUT2D eigenvalue weighted by Gasteiger charge is -2.11. The third kappa shape index (κ3) is 1.84. The van der Waals surface area contributed by atoms with E-state index in [0.717, 1.165) is 6.20 Å². The number of nitrogens with zero attached hydrogens (tertiary/aromatic N) is 1. The second kappa shape index (κ2) is 3.62. The topological polar surface area (TPSA) is 38.9 Å². The summed E-state index contributed by atoms with van der Waals surface area (Å²) in [5.74, 6) is 0.0873. The Morgan fingerprint density at radius 3 is 2.50 bits per heavy atom. The van der Waals surface area contributed by atoms with Gasteiger partial charge >= 0.3 is 6.18 Å². The lowest BCUT2D eigenvalue weighted by atomic mass is 10.1. The molecule has 0 aliphatic rings. The normalized spacial score (nSPS) is 12.0. The van der Waals surface area contributed by atoms with Gasteiger partial charge in [-0.1, -0.05) is 22.0 Å². The lowest BCUT2D eigenvalue weighted by molar-refractivity contribution is -0.136. The fraction of sp³-hybridized carbons (Fsp3) is 0.100. The van der Waals surface area contributed by atoms with Crippen LogP contribution in [0.5, 0.6) is 0 Å². The third-order valence-electron chi connectivity index (χ3n) is 2.19.